The number of ether oxygens (including phenoxy) is 2. The molecule has 0 spiro atoms. The number of benzene rings is 1. The topological polar surface area (TPSA) is 47.6 Å². The maximum atomic E-state index is 11.3. The number of rotatable bonds is 6. The summed E-state index contributed by atoms with van der Waals surface area (Å²) >= 11 is 0. The summed E-state index contributed by atoms with van der Waals surface area (Å²) < 4.78 is 9.91. The van der Waals surface area contributed by atoms with Crippen molar-refractivity contribution in [1.82, 2.24) is 5.32 Å². The summed E-state index contributed by atoms with van der Waals surface area (Å²) in [4.78, 5) is 11.3. The van der Waals surface area contributed by atoms with E-state index in [2.05, 4.69) is 5.32 Å². The molecule has 1 rings (SSSR count). The van der Waals surface area contributed by atoms with E-state index in [9.17, 15) is 4.79 Å². The van der Waals surface area contributed by atoms with Gasteiger partial charge in [-0.25, -0.2) is 0 Å². The quantitative estimate of drug-likeness (QED) is 0.813. The first-order valence-corrected chi connectivity index (χ1v) is 5.57. The number of carbonyl (C=O) groups excluding carboxylic acids is 1. The molecule has 0 unspecified atom stereocenters. The summed E-state index contributed by atoms with van der Waals surface area (Å²) in [6.45, 7) is 2.06. The summed E-state index contributed by atoms with van der Waals surface area (Å²) in [6.07, 6.45) is 0.770. The van der Waals surface area contributed by atoms with Gasteiger partial charge in [0.25, 0.3) is 0 Å². The zero-order valence-corrected chi connectivity index (χ0v) is 10.5. The maximum Gasteiger partial charge on any atom is 0.246 e. The van der Waals surface area contributed by atoms with Crippen LogP contribution < -0.4 is 10.1 Å². The summed E-state index contributed by atoms with van der Waals surface area (Å²) in [7, 11) is 3.15. The van der Waals surface area contributed by atoms with E-state index in [1.807, 2.05) is 31.2 Å². The van der Waals surface area contributed by atoms with Gasteiger partial charge in [0.1, 0.15) is 12.4 Å². The minimum Gasteiger partial charge on any atom is -0.497 e. The SMILES string of the molecule is COCC(=O)N[C@@H](C)Cc1cccc(OC)c1. The highest BCUT2D eigenvalue weighted by Gasteiger charge is 2.08. The normalized spacial score (nSPS) is 11.9. The van der Waals surface area contributed by atoms with Crippen molar-refractivity contribution in [2.24, 2.45) is 0 Å². The minimum atomic E-state index is -0.0945. The Labute approximate surface area is 102 Å². The van der Waals surface area contributed by atoms with E-state index in [4.69, 9.17) is 9.47 Å². The summed E-state index contributed by atoms with van der Waals surface area (Å²) in [5.41, 5.74) is 1.13. The molecule has 94 valence electrons. The lowest BCUT2D eigenvalue weighted by molar-refractivity contribution is -0.125. The first-order chi connectivity index (χ1) is 8.15. The smallest absolute Gasteiger partial charge is 0.246 e. The third kappa shape index (κ3) is 4.87. The molecule has 4 heteroatoms. The number of methoxy groups -OCH3 is 2. The van der Waals surface area contributed by atoms with Gasteiger partial charge in [-0.05, 0) is 31.0 Å². The molecule has 1 aromatic rings. The average Bonchev–Trinajstić information content (AvgIpc) is 2.29. The van der Waals surface area contributed by atoms with Crippen LogP contribution in [0.2, 0.25) is 0 Å². The molecule has 17 heavy (non-hydrogen) atoms. The van der Waals surface area contributed by atoms with Crippen molar-refractivity contribution in [1.29, 1.82) is 0 Å². The highest BCUT2D eigenvalue weighted by molar-refractivity contribution is 5.77. The number of carbonyl (C=O) groups is 1. The van der Waals surface area contributed by atoms with Crippen molar-refractivity contribution in [3.63, 3.8) is 0 Å². The minimum absolute atomic E-state index is 0.0738. The van der Waals surface area contributed by atoms with Crippen LogP contribution in [0.15, 0.2) is 24.3 Å². The van der Waals surface area contributed by atoms with E-state index in [0.29, 0.717) is 0 Å². The van der Waals surface area contributed by atoms with Crippen LogP contribution in [-0.2, 0) is 16.0 Å². The van der Waals surface area contributed by atoms with E-state index in [-0.39, 0.29) is 18.6 Å². The molecule has 0 heterocycles. The Kier molecular flexibility index (Phi) is 5.49. The van der Waals surface area contributed by atoms with Gasteiger partial charge in [-0.15, -0.1) is 0 Å². The highest BCUT2D eigenvalue weighted by Crippen LogP contribution is 2.13. The van der Waals surface area contributed by atoms with E-state index >= 15 is 0 Å². The summed E-state index contributed by atoms with van der Waals surface area (Å²) in [5.74, 6) is 0.737. The van der Waals surface area contributed by atoms with Crippen LogP contribution in [0.1, 0.15) is 12.5 Å². The van der Waals surface area contributed by atoms with Gasteiger partial charge in [-0.2, -0.15) is 0 Å². The van der Waals surface area contributed by atoms with Gasteiger partial charge in [0.15, 0.2) is 0 Å². The van der Waals surface area contributed by atoms with Crippen molar-refractivity contribution in [2.45, 2.75) is 19.4 Å². The molecule has 0 radical (unpaired) electrons. The number of hydrogen-bond donors (Lipinski definition) is 1. The molecule has 0 saturated carbocycles. The molecular formula is C13H19NO3. The fourth-order valence-corrected chi connectivity index (χ4v) is 1.65. The van der Waals surface area contributed by atoms with Gasteiger partial charge in [0.2, 0.25) is 5.91 Å². The largest absolute Gasteiger partial charge is 0.497 e. The molecule has 0 aliphatic heterocycles. The molecule has 1 amide bonds. The molecular weight excluding hydrogens is 218 g/mol. The number of amides is 1. The molecule has 4 nitrogen and oxygen atoms in total. The Bertz CT molecular complexity index is 365. The average molecular weight is 237 g/mol. The van der Waals surface area contributed by atoms with Gasteiger partial charge in [0.05, 0.1) is 7.11 Å². The monoisotopic (exact) mass is 237 g/mol. The predicted octanol–water partition coefficient (Wildman–Crippen LogP) is 1.39. The second-order valence-electron chi connectivity index (χ2n) is 3.96. The molecule has 0 fully saturated rings. The van der Waals surface area contributed by atoms with Gasteiger partial charge in [0, 0.05) is 13.2 Å². The third-order valence-corrected chi connectivity index (χ3v) is 2.36. The van der Waals surface area contributed by atoms with Crippen LogP contribution in [0.25, 0.3) is 0 Å². The zero-order chi connectivity index (χ0) is 12.7. The van der Waals surface area contributed by atoms with Crippen molar-refractivity contribution in [2.75, 3.05) is 20.8 Å². The maximum absolute atomic E-state index is 11.3. The van der Waals surface area contributed by atoms with Crippen LogP contribution >= 0.6 is 0 Å². The van der Waals surface area contributed by atoms with E-state index < -0.39 is 0 Å². The Morgan fingerprint density at radius 3 is 2.82 bits per heavy atom. The van der Waals surface area contributed by atoms with Gasteiger partial charge in [-0.1, -0.05) is 12.1 Å². The molecule has 0 aromatic heterocycles. The molecule has 0 bridgehead atoms. The first kappa shape index (κ1) is 13.5. The zero-order valence-electron chi connectivity index (χ0n) is 10.5. The number of nitrogens with one attached hydrogen (secondary N) is 1. The highest BCUT2D eigenvalue weighted by atomic mass is 16.5. The predicted molar refractivity (Wildman–Crippen MR) is 66.2 cm³/mol. The molecule has 0 aliphatic carbocycles. The Morgan fingerprint density at radius 1 is 1.41 bits per heavy atom. The fraction of sp³-hybridized carbons (Fsp3) is 0.462. The summed E-state index contributed by atoms with van der Waals surface area (Å²) in [6, 6.07) is 7.90. The lowest BCUT2D eigenvalue weighted by atomic mass is 10.1. The van der Waals surface area contributed by atoms with Crippen LogP contribution in [0.3, 0.4) is 0 Å². The van der Waals surface area contributed by atoms with Crippen LogP contribution in [0.4, 0.5) is 0 Å². The summed E-state index contributed by atoms with van der Waals surface area (Å²) in [5, 5.41) is 2.86. The van der Waals surface area contributed by atoms with Crippen LogP contribution in [0, 0.1) is 0 Å². The molecule has 1 N–H and O–H groups in total. The van der Waals surface area contributed by atoms with E-state index in [0.717, 1.165) is 17.7 Å². The molecule has 1 aromatic carbocycles. The van der Waals surface area contributed by atoms with Crippen LogP contribution in [-0.4, -0.2) is 32.8 Å². The lowest BCUT2D eigenvalue weighted by Crippen LogP contribution is -2.36. The molecule has 0 saturated heterocycles. The standard InChI is InChI=1S/C13H19NO3/c1-10(14-13(15)9-16-2)7-11-5-4-6-12(8-11)17-3/h4-6,8,10H,7,9H2,1-3H3,(H,14,15)/t10-/m0/s1. The van der Waals surface area contributed by atoms with Gasteiger partial charge in [-0.3, -0.25) is 4.79 Å². The van der Waals surface area contributed by atoms with Crippen molar-refractivity contribution >= 4 is 5.91 Å². The second kappa shape index (κ2) is 6.91. The van der Waals surface area contributed by atoms with Crippen LogP contribution in [0.5, 0.6) is 5.75 Å². The van der Waals surface area contributed by atoms with E-state index in [1.165, 1.54) is 7.11 Å². The van der Waals surface area contributed by atoms with Crippen molar-refractivity contribution < 1.29 is 14.3 Å². The molecule has 0 aliphatic rings. The second-order valence-corrected chi connectivity index (χ2v) is 3.96. The van der Waals surface area contributed by atoms with E-state index in [1.54, 1.807) is 7.11 Å². The Balaban J connectivity index is 2.49. The Hall–Kier alpha value is -1.55. The third-order valence-electron chi connectivity index (χ3n) is 2.36. The van der Waals surface area contributed by atoms with Gasteiger partial charge >= 0.3 is 0 Å². The lowest BCUT2D eigenvalue weighted by Gasteiger charge is -2.14. The van der Waals surface area contributed by atoms with Crippen molar-refractivity contribution in [3.8, 4) is 5.75 Å². The number of hydrogen-bond acceptors (Lipinski definition) is 3. The van der Waals surface area contributed by atoms with Crippen molar-refractivity contribution in [3.05, 3.63) is 29.8 Å². The molecule has 1 atom stereocenters. The Morgan fingerprint density at radius 2 is 2.18 bits per heavy atom. The van der Waals surface area contributed by atoms with Gasteiger partial charge < -0.3 is 14.8 Å². The first-order valence-electron chi connectivity index (χ1n) is 5.57. The fourth-order valence-electron chi connectivity index (χ4n) is 1.65.